The Labute approximate surface area is 82.6 Å². The maximum absolute atomic E-state index is 11.5. The quantitative estimate of drug-likeness (QED) is 0.724. The molecule has 4 heteroatoms. The van der Waals surface area contributed by atoms with E-state index in [9.17, 15) is 4.79 Å². The molecule has 1 heterocycles. The highest BCUT2D eigenvalue weighted by Crippen LogP contribution is 2.12. The Morgan fingerprint density at radius 1 is 1.79 bits per heavy atom. The first-order chi connectivity index (χ1) is 6.79. The van der Waals surface area contributed by atoms with Crippen LogP contribution in [0.5, 0.6) is 5.88 Å². The molecular formula is C10H12N2O2. The predicted molar refractivity (Wildman–Crippen MR) is 53.3 cm³/mol. The van der Waals surface area contributed by atoms with E-state index < -0.39 is 0 Å². The van der Waals surface area contributed by atoms with E-state index in [1.165, 1.54) is 7.11 Å². The molecule has 14 heavy (non-hydrogen) atoms. The standard InChI is InChI=1S/C10H12N2O2/c1-3-6-11-9(13)8-5-4-7-12-10(8)14-2/h3-5,7H,1,6H2,2H3,(H,11,13). The van der Waals surface area contributed by atoms with Crippen LogP contribution in [0.3, 0.4) is 0 Å². The van der Waals surface area contributed by atoms with Gasteiger partial charge < -0.3 is 10.1 Å². The number of hydrogen-bond acceptors (Lipinski definition) is 3. The summed E-state index contributed by atoms with van der Waals surface area (Å²) < 4.78 is 4.95. The smallest absolute Gasteiger partial charge is 0.257 e. The first-order valence-corrected chi connectivity index (χ1v) is 4.17. The van der Waals surface area contributed by atoms with Crippen LogP contribution in [-0.2, 0) is 0 Å². The summed E-state index contributed by atoms with van der Waals surface area (Å²) in [6.45, 7) is 3.93. The molecule has 1 aromatic heterocycles. The molecule has 0 atom stereocenters. The lowest BCUT2D eigenvalue weighted by Crippen LogP contribution is -2.23. The van der Waals surface area contributed by atoms with Crippen LogP contribution >= 0.6 is 0 Å². The first-order valence-electron chi connectivity index (χ1n) is 4.17. The summed E-state index contributed by atoms with van der Waals surface area (Å²) >= 11 is 0. The molecule has 0 saturated heterocycles. The van der Waals surface area contributed by atoms with Crippen LogP contribution in [0, 0.1) is 0 Å². The van der Waals surface area contributed by atoms with Gasteiger partial charge >= 0.3 is 0 Å². The van der Waals surface area contributed by atoms with Crippen molar-refractivity contribution in [1.29, 1.82) is 0 Å². The Morgan fingerprint density at radius 2 is 2.57 bits per heavy atom. The Morgan fingerprint density at radius 3 is 3.21 bits per heavy atom. The maximum Gasteiger partial charge on any atom is 0.257 e. The zero-order chi connectivity index (χ0) is 10.4. The normalized spacial score (nSPS) is 9.21. The van der Waals surface area contributed by atoms with E-state index in [4.69, 9.17) is 4.74 Å². The van der Waals surface area contributed by atoms with E-state index in [1.807, 2.05) is 0 Å². The molecule has 1 aromatic rings. The van der Waals surface area contributed by atoms with E-state index >= 15 is 0 Å². The molecular weight excluding hydrogens is 180 g/mol. The van der Waals surface area contributed by atoms with Crippen molar-refractivity contribution in [2.75, 3.05) is 13.7 Å². The number of pyridine rings is 1. The van der Waals surface area contributed by atoms with Crippen LogP contribution in [0.15, 0.2) is 31.0 Å². The van der Waals surface area contributed by atoms with Crippen LogP contribution in [0.1, 0.15) is 10.4 Å². The summed E-state index contributed by atoms with van der Waals surface area (Å²) in [5, 5.41) is 2.65. The SMILES string of the molecule is C=CCNC(=O)c1cccnc1OC. The van der Waals surface area contributed by atoms with Crippen LogP contribution < -0.4 is 10.1 Å². The van der Waals surface area contributed by atoms with Gasteiger partial charge in [-0.05, 0) is 12.1 Å². The number of nitrogens with one attached hydrogen (secondary N) is 1. The van der Waals surface area contributed by atoms with Gasteiger partial charge in [0.25, 0.3) is 5.91 Å². The maximum atomic E-state index is 11.5. The third kappa shape index (κ3) is 2.32. The molecule has 0 bridgehead atoms. The van der Waals surface area contributed by atoms with Crippen LogP contribution in [0.25, 0.3) is 0 Å². The topological polar surface area (TPSA) is 51.2 Å². The largest absolute Gasteiger partial charge is 0.480 e. The second-order valence-corrected chi connectivity index (χ2v) is 2.56. The molecule has 0 aliphatic rings. The van der Waals surface area contributed by atoms with E-state index in [1.54, 1.807) is 24.4 Å². The highest BCUT2D eigenvalue weighted by molar-refractivity contribution is 5.96. The molecule has 1 N–H and O–H groups in total. The number of carbonyl (C=O) groups excluding carboxylic acids is 1. The van der Waals surface area contributed by atoms with Crippen molar-refractivity contribution in [1.82, 2.24) is 10.3 Å². The molecule has 0 aliphatic heterocycles. The number of amides is 1. The average Bonchev–Trinajstić information content (AvgIpc) is 2.25. The molecule has 0 saturated carbocycles. The fourth-order valence-electron chi connectivity index (χ4n) is 0.986. The molecule has 74 valence electrons. The third-order valence-corrected chi connectivity index (χ3v) is 1.62. The molecule has 0 spiro atoms. The van der Waals surface area contributed by atoms with E-state index in [2.05, 4.69) is 16.9 Å². The summed E-state index contributed by atoms with van der Waals surface area (Å²) in [6, 6.07) is 3.34. The highest BCUT2D eigenvalue weighted by atomic mass is 16.5. The molecule has 0 radical (unpaired) electrons. The van der Waals surface area contributed by atoms with Gasteiger partial charge in [-0.3, -0.25) is 4.79 Å². The molecule has 0 aromatic carbocycles. The zero-order valence-electron chi connectivity index (χ0n) is 7.99. The molecule has 1 rings (SSSR count). The monoisotopic (exact) mass is 192 g/mol. The van der Waals surface area contributed by atoms with Crippen molar-refractivity contribution in [3.63, 3.8) is 0 Å². The van der Waals surface area contributed by atoms with E-state index in [-0.39, 0.29) is 5.91 Å². The van der Waals surface area contributed by atoms with E-state index in [0.717, 1.165) is 0 Å². The Hall–Kier alpha value is -1.84. The van der Waals surface area contributed by atoms with Crippen molar-refractivity contribution in [2.24, 2.45) is 0 Å². The third-order valence-electron chi connectivity index (χ3n) is 1.62. The molecule has 0 unspecified atom stereocenters. The van der Waals surface area contributed by atoms with Gasteiger partial charge in [-0.2, -0.15) is 0 Å². The number of methoxy groups -OCH3 is 1. The minimum absolute atomic E-state index is 0.213. The van der Waals surface area contributed by atoms with Gasteiger partial charge in [-0.1, -0.05) is 6.08 Å². The van der Waals surface area contributed by atoms with Crippen LogP contribution in [-0.4, -0.2) is 24.5 Å². The number of rotatable bonds is 4. The Kier molecular flexibility index (Phi) is 3.67. The highest BCUT2D eigenvalue weighted by Gasteiger charge is 2.10. The van der Waals surface area contributed by atoms with Crippen molar-refractivity contribution in [3.05, 3.63) is 36.5 Å². The lowest BCUT2D eigenvalue weighted by Gasteiger charge is -2.05. The lowest BCUT2D eigenvalue weighted by atomic mass is 10.2. The number of hydrogen-bond donors (Lipinski definition) is 1. The number of carbonyl (C=O) groups is 1. The van der Waals surface area contributed by atoms with Gasteiger partial charge in [0.1, 0.15) is 5.56 Å². The lowest BCUT2D eigenvalue weighted by molar-refractivity contribution is 0.0954. The van der Waals surface area contributed by atoms with Gasteiger partial charge in [-0.25, -0.2) is 4.98 Å². The van der Waals surface area contributed by atoms with Gasteiger partial charge in [0, 0.05) is 12.7 Å². The summed E-state index contributed by atoms with van der Waals surface area (Å²) in [5.41, 5.74) is 0.428. The minimum Gasteiger partial charge on any atom is -0.480 e. The van der Waals surface area contributed by atoms with Crippen molar-refractivity contribution < 1.29 is 9.53 Å². The predicted octanol–water partition coefficient (Wildman–Crippen LogP) is 1.01. The van der Waals surface area contributed by atoms with Crippen LogP contribution in [0.4, 0.5) is 0 Å². The van der Waals surface area contributed by atoms with Crippen molar-refractivity contribution >= 4 is 5.91 Å². The molecule has 0 fully saturated rings. The van der Waals surface area contributed by atoms with Crippen molar-refractivity contribution in [3.8, 4) is 5.88 Å². The molecule has 0 aliphatic carbocycles. The van der Waals surface area contributed by atoms with Gasteiger partial charge in [0.2, 0.25) is 5.88 Å². The fourth-order valence-corrected chi connectivity index (χ4v) is 0.986. The zero-order valence-corrected chi connectivity index (χ0v) is 7.99. The second kappa shape index (κ2) is 5.01. The summed E-state index contributed by atoms with van der Waals surface area (Å²) in [5.74, 6) is 0.115. The number of nitrogens with zero attached hydrogens (tertiary/aromatic N) is 1. The fraction of sp³-hybridized carbons (Fsp3) is 0.200. The van der Waals surface area contributed by atoms with Crippen LogP contribution in [0.2, 0.25) is 0 Å². The molecule has 1 amide bonds. The van der Waals surface area contributed by atoms with Gasteiger partial charge in [0.15, 0.2) is 0 Å². The summed E-state index contributed by atoms with van der Waals surface area (Å²) in [7, 11) is 1.48. The molecule has 4 nitrogen and oxygen atoms in total. The van der Waals surface area contributed by atoms with E-state index in [0.29, 0.717) is 18.0 Å². The second-order valence-electron chi connectivity index (χ2n) is 2.56. The van der Waals surface area contributed by atoms with Gasteiger partial charge in [0.05, 0.1) is 7.11 Å². The average molecular weight is 192 g/mol. The van der Waals surface area contributed by atoms with Gasteiger partial charge in [-0.15, -0.1) is 6.58 Å². The Balaban J connectivity index is 2.82. The number of aromatic nitrogens is 1. The summed E-state index contributed by atoms with van der Waals surface area (Å²) in [4.78, 5) is 15.4. The minimum atomic E-state index is -0.213. The summed E-state index contributed by atoms with van der Waals surface area (Å²) in [6.07, 6.45) is 3.18. The first kappa shape index (κ1) is 10.2. The van der Waals surface area contributed by atoms with Crippen molar-refractivity contribution in [2.45, 2.75) is 0 Å². The Bertz CT molecular complexity index is 337. The number of ether oxygens (including phenoxy) is 1.